The molecule has 1 N–H and O–H groups in total. The van der Waals surface area contributed by atoms with E-state index in [1.54, 1.807) is 19.2 Å². The molecule has 0 unspecified atom stereocenters. The van der Waals surface area contributed by atoms with Crippen molar-refractivity contribution in [1.82, 2.24) is 19.0 Å². The van der Waals surface area contributed by atoms with Crippen molar-refractivity contribution in [3.05, 3.63) is 38.5 Å². The molecule has 0 aliphatic carbocycles. The summed E-state index contributed by atoms with van der Waals surface area (Å²) in [6.45, 7) is 2.51. The summed E-state index contributed by atoms with van der Waals surface area (Å²) in [6.07, 6.45) is 0.0207. The molecule has 1 fully saturated rings. The lowest BCUT2D eigenvalue weighted by Gasteiger charge is -2.31. The molecule has 0 saturated carbocycles. The van der Waals surface area contributed by atoms with Crippen molar-refractivity contribution >= 4 is 17.3 Å². The van der Waals surface area contributed by atoms with Crippen LogP contribution < -0.4 is 11.1 Å². The SMILES string of the molecule is Cc1ccc2c(n1)n(C1CCN(C(=O)O)CC1)c(=O)c(=O)n2C. The lowest BCUT2D eigenvalue weighted by Crippen LogP contribution is -2.45. The molecule has 0 aromatic carbocycles. The quantitative estimate of drug-likeness (QED) is 0.781. The summed E-state index contributed by atoms with van der Waals surface area (Å²) in [4.78, 5) is 41.5. The molecule has 122 valence electrons. The van der Waals surface area contributed by atoms with Gasteiger partial charge in [0.25, 0.3) is 0 Å². The number of piperidine rings is 1. The second-order valence-electron chi connectivity index (χ2n) is 5.84. The maximum absolute atomic E-state index is 12.5. The fourth-order valence-corrected chi connectivity index (χ4v) is 3.08. The number of rotatable bonds is 1. The highest BCUT2D eigenvalue weighted by Gasteiger charge is 2.26. The van der Waals surface area contributed by atoms with Gasteiger partial charge in [0.1, 0.15) is 0 Å². The van der Waals surface area contributed by atoms with Crippen molar-refractivity contribution in [3.63, 3.8) is 0 Å². The topological polar surface area (TPSA) is 97.4 Å². The lowest BCUT2D eigenvalue weighted by atomic mass is 10.0. The first-order chi connectivity index (χ1) is 10.9. The fraction of sp³-hybridized carbons (Fsp3) is 0.467. The third-order valence-electron chi connectivity index (χ3n) is 4.39. The normalized spacial score (nSPS) is 16.0. The number of aryl methyl sites for hydroxylation is 2. The summed E-state index contributed by atoms with van der Waals surface area (Å²) in [6, 6.07) is 3.36. The second kappa shape index (κ2) is 5.53. The van der Waals surface area contributed by atoms with E-state index in [4.69, 9.17) is 5.11 Å². The van der Waals surface area contributed by atoms with Crippen LogP contribution in [0.2, 0.25) is 0 Å². The van der Waals surface area contributed by atoms with E-state index in [0.717, 1.165) is 5.69 Å². The fourth-order valence-electron chi connectivity index (χ4n) is 3.08. The van der Waals surface area contributed by atoms with Gasteiger partial charge < -0.3 is 14.6 Å². The Morgan fingerprint density at radius 1 is 1.22 bits per heavy atom. The molecule has 2 aromatic rings. The molecule has 1 amide bonds. The lowest BCUT2D eigenvalue weighted by molar-refractivity contribution is 0.125. The molecule has 8 heteroatoms. The minimum Gasteiger partial charge on any atom is -0.465 e. The van der Waals surface area contributed by atoms with Crippen LogP contribution in [0.1, 0.15) is 24.6 Å². The molecule has 1 aliphatic rings. The van der Waals surface area contributed by atoms with Gasteiger partial charge in [-0.2, -0.15) is 0 Å². The Balaban J connectivity index is 2.14. The van der Waals surface area contributed by atoms with Gasteiger partial charge in [0.15, 0.2) is 5.65 Å². The average Bonchev–Trinajstić information content (AvgIpc) is 2.53. The standard InChI is InChI=1S/C15H18N4O4/c1-9-3-4-11-12(16-9)19(14(21)13(20)17(11)2)10-5-7-18(8-6-10)15(22)23/h3-4,10H,5-8H2,1-2H3,(H,22,23). The van der Waals surface area contributed by atoms with Gasteiger partial charge in [0.2, 0.25) is 0 Å². The van der Waals surface area contributed by atoms with E-state index in [0.29, 0.717) is 37.1 Å². The number of carboxylic acid groups (broad SMARTS) is 1. The molecule has 0 radical (unpaired) electrons. The molecule has 0 bridgehead atoms. The first-order valence-electron chi connectivity index (χ1n) is 7.47. The predicted molar refractivity (Wildman–Crippen MR) is 83.8 cm³/mol. The summed E-state index contributed by atoms with van der Waals surface area (Å²) in [5.41, 5.74) is 0.634. The number of pyridine rings is 1. The zero-order valence-corrected chi connectivity index (χ0v) is 13.0. The first-order valence-corrected chi connectivity index (χ1v) is 7.47. The predicted octanol–water partition coefficient (Wildman–Crippen LogP) is 0.719. The van der Waals surface area contributed by atoms with Gasteiger partial charge >= 0.3 is 17.2 Å². The molecular formula is C15H18N4O4. The smallest absolute Gasteiger partial charge is 0.407 e. The van der Waals surface area contributed by atoms with E-state index >= 15 is 0 Å². The van der Waals surface area contributed by atoms with Crippen LogP contribution in [0.5, 0.6) is 0 Å². The van der Waals surface area contributed by atoms with E-state index in [1.807, 2.05) is 6.92 Å². The van der Waals surface area contributed by atoms with E-state index in [9.17, 15) is 14.4 Å². The monoisotopic (exact) mass is 318 g/mol. The number of fused-ring (bicyclic) bond motifs is 1. The van der Waals surface area contributed by atoms with Crippen LogP contribution in [0.4, 0.5) is 4.79 Å². The third kappa shape index (κ3) is 2.49. The average molecular weight is 318 g/mol. The Bertz CT molecular complexity index is 891. The zero-order chi connectivity index (χ0) is 16.7. The summed E-state index contributed by atoms with van der Waals surface area (Å²) in [5.74, 6) is 0. The number of amides is 1. The van der Waals surface area contributed by atoms with Gasteiger partial charge in [-0.1, -0.05) is 0 Å². The summed E-state index contributed by atoms with van der Waals surface area (Å²) in [5, 5.41) is 9.03. The maximum atomic E-state index is 12.5. The molecule has 1 saturated heterocycles. The number of hydrogen-bond acceptors (Lipinski definition) is 4. The van der Waals surface area contributed by atoms with E-state index in [2.05, 4.69) is 4.98 Å². The molecular weight excluding hydrogens is 300 g/mol. The molecule has 0 atom stereocenters. The van der Waals surface area contributed by atoms with Crippen LogP contribution in [0.3, 0.4) is 0 Å². The molecule has 2 aromatic heterocycles. The number of likely N-dealkylation sites (tertiary alicyclic amines) is 1. The third-order valence-corrected chi connectivity index (χ3v) is 4.39. The Kier molecular flexibility index (Phi) is 3.67. The first kappa shape index (κ1) is 15.3. The van der Waals surface area contributed by atoms with Gasteiger partial charge in [-0.25, -0.2) is 9.78 Å². The second-order valence-corrected chi connectivity index (χ2v) is 5.84. The van der Waals surface area contributed by atoms with Gasteiger partial charge in [-0.3, -0.25) is 14.2 Å². The van der Waals surface area contributed by atoms with Crippen LogP contribution >= 0.6 is 0 Å². The molecule has 3 rings (SSSR count). The Morgan fingerprint density at radius 3 is 2.48 bits per heavy atom. The molecule has 23 heavy (non-hydrogen) atoms. The highest BCUT2D eigenvalue weighted by molar-refractivity contribution is 5.71. The van der Waals surface area contributed by atoms with Crippen LogP contribution in [0.15, 0.2) is 21.7 Å². The minimum absolute atomic E-state index is 0.219. The van der Waals surface area contributed by atoms with Crippen molar-refractivity contribution in [2.24, 2.45) is 7.05 Å². The highest BCUT2D eigenvalue weighted by atomic mass is 16.4. The molecule has 1 aliphatic heterocycles. The van der Waals surface area contributed by atoms with Crippen LogP contribution in [-0.2, 0) is 7.05 Å². The van der Waals surface area contributed by atoms with Crippen molar-refractivity contribution in [1.29, 1.82) is 0 Å². The van der Waals surface area contributed by atoms with Gasteiger partial charge in [0.05, 0.1) is 5.52 Å². The summed E-state index contributed by atoms with van der Waals surface area (Å²) >= 11 is 0. The van der Waals surface area contributed by atoms with E-state index < -0.39 is 17.2 Å². The number of aromatic nitrogens is 3. The highest BCUT2D eigenvalue weighted by Crippen LogP contribution is 2.23. The van der Waals surface area contributed by atoms with Crippen molar-refractivity contribution in [2.45, 2.75) is 25.8 Å². The largest absolute Gasteiger partial charge is 0.465 e. The van der Waals surface area contributed by atoms with Crippen LogP contribution in [0.25, 0.3) is 11.2 Å². The zero-order valence-electron chi connectivity index (χ0n) is 13.0. The summed E-state index contributed by atoms with van der Waals surface area (Å²) < 4.78 is 2.76. The number of carbonyl (C=O) groups is 1. The van der Waals surface area contributed by atoms with E-state index in [1.165, 1.54) is 14.0 Å². The van der Waals surface area contributed by atoms with Crippen molar-refractivity contribution in [2.75, 3.05) is 13.1 Å². The molecule has 0 spiro atoms. The number of hydrogen-bond donors (Lipinski definition) is 1. The van der Waals surface area contributed by atoms with Gasteiger partial charge in [0, 0.05) is 31.9 Å². The van der Waals surface area contributed by atoms with Crippen LogP contribution in [-0.4, -0.2) is 43.3 Å². The van der Waals surface area contributed by atoms with Crippen molar-refractivity contribution in [3.8, 4) is 0 Å². The van der Waals surface area contributed by atoms with E-state index in [-0.39, 0.29) is 6.04 Å². The Hall–Kier alpha value is -2.64. The van der Waals surface area contributed by atoms with Crippen molar-refractivity contribution < 1.29 is 9.90 Å². The van der Waals surface area contributed by atoms with Crippen LogP contribution in [0, 0.1) is 6.92 Å². The van der Waals surface area contributed by atoms with Gasteiger partial charge in [-0.15, -0.1) is 0 Å². The Labute approximate surface area is 131 Å². The number of nitrogens with zero attached hydrogens (tertiary/aromatic N) is 4. The summed E-state index contributed by atoms with van der Waals surface area (Å²) in [7, 11) is 1.56. The minimum atomic E-state index is -0.960. The molecule has 8 nitrogen and oxygen atoms in total. The van der Waals surface area contributed by atoms with Gasteiger partial charge in [-0.05, 0) is 31.9 Å². The maximum Gasteiger partial charge on any atom is 0.407 e. The molecule has 3 heterocycles. The Morgan fingerprint density at radius 2 is 1.87 bits per heavy atom.